The third-order valence-electron chi connectivity index (χ3n) is 5.26. The fraction of sp³-hybridized carbons (Fsp3) is 0.588. The number of pyridine rings is 1. The van der Waals surface area contributed by atoms with Gasteiger partial charge < -0.3 is 10.1 Å². The van der Waals surface area contributed by atoms with E-state index in [0.717, 1.165) is 5.56 Å². The molecule has 3 rings (SSSR count). The predicted molar refractivity (Wildman–Crippen MR) is 81.1 cm³/mol. The van der Waals surface area contributed by atoms with E-state index in [2.05, 4.69) is 10.3 Å². The zero-order chi connectivity index (χ0) is 18.2. The summed E-state index contributed by atoms with van der Waals surface area (Å²) in [6.45, 7) is 0.582. The Bertz CT molecular complexity index is 672. The highest BCUT2D eigenvalue weighted by Crippen LogP contribution is 2.52. The van der Waals surface area contributed by atoms with E-state index < -0.39 is 30.5 Å². The summed E-state index contributed by atoms with van der Waals surface area (Å²) in [4.78, 5) is 4.26. The Labute approximate surface area is 142 Å². The molecule has 3 nitrogen and oxygen atoms in total. The number of hydrogen-bond donors (Lipinski definition) is 1. The van der Waals surface area contributed by atoms with Gasteiger partial charge in [0.25, 0.3) is 6.08 Å². The van der Waals surface area contributed by atoms with E-state index >= 15 is 0 Å². The smallest absolute Gasteiger partial charge is 0.373 e. The van der Waals surface area contributed by atoms with Crippen molar-refractivity contribution in [1.29, 1.82) is 0 Å². The minimum atomic E-state index is -4.55. The number of likely N-dealkylation sites (N-methyl/N-ethyl adjacent to an activating group) is 1. The SMILES string of the molecule is CNC1COCc2nc(C3(C(F)(F)F)CCC(=C(F)F)CC3)ccc21. The van der Waals surface area contributed by atoms with Crippen LogP contribution in [0.3, 0.4) is 0 Å². The first kappa shape index (κ1) is 18.3. The van der Waals surface area contributed by atoms with Crippen molar-refractivity contribution in [3.05, 3.63) is 40.7 Å². The van der Waals surface area contributed by atoms with Crippen molar-refractivity contribution in [2.24, 2.45) is 0 Å². The van der Waals surface area contributed by atoms with E-state index in [-0.39, 0.29) is 36.8 Å². The highest BCUT2D eigenvalue weighted by molar-refractivity contribution is 5.33. The summed E-state index contributed by atoms with van der Waals surface area (Å²) in [7, 11) is 1.74. The molecule has 2 heterocycles. The first-order valence-corrected chi connectivity index (χ1v) is 8.13. The van der Waals surface area contributed by atoms with Gasteiger partial charge in [-0.25, -0.2) is 0 Å². The summed E-state index contributed by atoms with van der Waals surface area (Å²) in [6, 6.07) is 2.92. The van der Waals surface area contributed by atoms with Crippen molar-refractivity contribution < 1.29 is 26.7 Å². The molecule has 1 fully saturated rings. The van der Waals surface area contributed by atoms with Gasteiger partial charge >= 0.3 is 6.18 Å². The standard InChI is InChI=1S/C17H19F5N2O/c1-23-12-8-25-9-13-11(12)2-3-14(24-13)16(17(20,21)22)6-4-10(5-7-16)15(18)19/h2-3,12,23H,4-9H2,1H3. The minimum absolute atomic E-state index is 0.0996. The van der Waals surface area contributed by atoms with E-state index in [4.69, 9.17) is 4.74 Å². The topological polar surface area (TPSA) is 34.1 Å². The number of nitrogens with one attached hydrogen (secondary N) is 1. The van der Waals surface area contributed by atoms with Crippen LogP contribution in [0.4, 0.5) is 22.0 Å². The van der Waals surface area contributed by atoms with Crippen LogP contribution in [-0.2, 0) is 16.8 Å². The molecule has 8 heteroatoms. The maximum atomic E-state index is 13.9. The largest absolute Gasteiger partial charge is 0.399 e. The lowest BCUT2D eigenvalue weighted by atomic mass is 9.69. The van der Waals surface area contributed by atoms with Gasteiger partial charge in [0.2, 0.25) is 0 Å². The molecule has 1 atom stereocenters. The van der Waals surface area contributed by atoms with Crippen LogP contribution in [0.2, 0.25) is 0 Å². The van der Waals surface area contributed by atoms with Crippen LogP contribution in [0.5, 0.6) is 0 Å². The zero-order valence-electron chi connectivity index (χ0n) is 13.7. The number of ether oxygens (including phenoxy) is 1. The summed E-state index contributed by atoms with van der Waals surface area (Å²) in [5.41, 5.74) is -1.17. The maximum Gasteiger partial charge on any atom is 0.399 e. The van der Waals surface area contributed by atoms with Gasteiger partial charge in [0, 0.05) is 0 Å². The molecule has 25 heavy (non-hydrogen) atoms. The Kier molecular flexibility index (Phi) is 4.85. The number of nitrogens with zero attached hydrogens (tertiary/aromatic N) is 1. The first-order chi connectivity index (χ1) is 11.8. The highest BCUT2D eigenvalue weighted by atomic mass is 19.4. The van der Waals surface area contributed by atoms with Crippen molar-refractivity contribution in [2.75, 3.05) is 13.7 Å². The normalized spacial score (nSPS) is 27.1. The number of aromatic nitrogens is 1. The van der Waals surface area contributed by atoms with E-state index in [9.17, 15) is 22.0 Å². The molecule has 0 amide bonds. The number of hydrogen-bond acceptors (Lipinski definition) is 3. The molecule has 1 unspecified atom stereocenters. The quantitative estimate of drug-likeness (QED) is 0.792. The maximum absolute atomic E-state index is 13.9. The van der Waals surface area contributed by atoms with Gasteiger partial charge in [-0.1, -0.05) is 6.07 Å². The Morgan fingerprint density at radius 3 is 2.48 bits per heavy atom. The highest BCUT2D eigenvalue weighted by Gasteiger charge is 2.57. The Hall–Kier alpha value is -1.54. The van der Waals surface area contributed by atoms with Crippen LogP contribution < -0.4 is 5.32 Å². The second kappa shape index (κ2) is 6.64. The molecule has 1 aliphatic carbocycles. The predicted octanol–water partition coefficient (Wildman–Crippen LogP) is 4.40. The fourth-order valence-corrected chi connectivity index (χ4v) is 3.67. The number of allylic oxidation sites excluding steroid dienone is 1. The molecule has 0 saturated heterocycles. The lowest BCUT2D eigenvalue weighted by Gasteiger charge is -2.39. The molecule has 0 aromatic carbocycles. The van der Waals surface area contributed by atoms with Crippen LogP contribution in [0.15, 0.2) is 23.8 Å². The van der Waals surface area contributed by atoms with E-state index in [1.807, 2.05) is 0 Å². The van der Waals surface area contributed by atoms with E-state index in [0.29, 0.717) is 12.3 Å². The van der Waals surface area contributed by atoms with Crippen molar-refractivity contribution in [2.45, 2.75) is 49.9 Å². The zero-order valence-corrected chi connectivity index (χ0v) is 13.7. The van der Waals surface area contributed by atoms with Gasteiger partial charge in [-0.05, 0) is 49.9 Å². The number of halogens is 5. The average Bonchev–Trinajstić information content (AvgIpc) is 2.59. The van der Waals surface area contributed by atoms with Crippen molar-refractivity contribution in [1.82, 2.24) is 10.3 Å². The second-order valence-corrected chi connectivity index (χ2v) is 6.53. The summed E-state index contributed by atoms with van der Waals surface area (Å²) < 4.78 is 72.6. The molecule has 1 saturated carbocycles. The molecule has 0 radical (unpaired) electrons. The van der Waals surface area contributed by atoms with E-state index in [1.165, 1.54) is 6.07 Å². The number of fused-ring (bicyclic) bond motifs is 1. The van der Waals surface area contributed by atoms with Crippen molar-refractivity contribution in [3.63, 3.8) is 0 Å². The lowest BCUT2D eigenvalue weighted by Crippen LogP contribution is -2.45. The van der Waals surface area contributed by atoms with Crippen LogP contribution in [0, 0.1) is 0 Å². The monoisotopic (exact) mass is 362 g/mol. The van der Waals surface area contributed by atoms with Gasteiger partial charge in [-0.3, -0.25) is 4.98 Å². The summed E-state index contributed by atoms with van der Waals surface area (Å²) in [5, 5.41) is 3.04. The van der Waals surface area contributed by atoms with Gasteiger partial charge in [0.15, 0.2) is 0 Å². The molecular weight excluding hydrogens is 343 g/mol. The molecule has 0 bridgehead atoms. The summed E-state index contributed by atoms with van der Waals surface area (Å²) >= 11 is 0. The third-order valence-corrected chi connectivity index (χ3v) is 5.26. The van der Waals surface area contributed by atoms with Crippen LogP contribution >= 0.6 is 0 Å². The molecular formula is C17H19F5N2O. The summed E-state index contributed by atoms with van der Waals surface area (Å²) in [5.74, 6) is 0. The fourth-order valence-electron chi connectivity index (χ4n) is 3.67. The Morgan fingerprint density at radius 1 is 1.24 bits per heavy atom. The van der Waals surface area contributed by atoms with E-state index in [1.54, 1.807) is 13.1 Å². The third kappa shape index (κ3) is 3.17. The average molecular weight is 362 g/mol. The lowest BCUT2D eigenvalue weighted by molar-refractivity contribution is -0.198. The molecule has 1 aromatic heterocycles. The first-order valence-electron chi connectivity index (χ1n) is 8.13. The van der Waals surface area contributed by atoms with Crippen LogP contribution in [-0.4, -0.2) is 24.8 Å². The molecule has 0 spiro atoms. The Balaban J connectivity index is 2.00. The molecule has 1 N–H and O–H groups in total. The molecule has 1 aromatic rings. The van der Waals surface area contributed by atoms with Crippen LogP contribution in [0.1, 0.15) is 48.7 Å². The van der Waals surface area contributed by atoms with Gasteiger partial charge in [-0.2, -0.15) is 22.0 Å². The Morgan fingerprint density at radius 2 is 1.92 bits per heavy atom. The van der Waals surface area contributed by atoms with Gasteiger partial charge in [-0.15, -0.1) is 0 Å². The van der Waals surface area contributed by atoms with Crippen LogP contribution in [0.25, 0.3) is 0 Å². The second-order valence-electron chi connectivity index (χ2n) is 6.53. The van der Waals surface area contributed by atoms with Crippen molar-refractivity contribution >= 4 is 0 Å². The van der Waals surface area contributed by atoms with Gasteiger partial charge in [0.1, 0.15) is 5.41 Å². The van der Waals surface area contributed by atoms with Crippen molar-refractivity contribution in [3.8, 4) is 0 Å². The minimum Gasteiger partial charge on any atom is -0.373 e. The van der Waals surface area contributed by atoms with Gasteiger partial charge in [0.05, 0.1) is 30.6 Å². The number of rotatable bonds is 2. The molecule has 2 aliphatic rings. The molecule has 138 valence electrons. The summed E-state index contributed by atoms with van der Waals surface area (Å²) in [6.07, 6.45) is -7.77. The number of alkyl halides is 3. The molecule has 1 aliphatic heterocycles.